The standard InChI is InChI=1S/C48H30BNO/c1-5-13-31(14-6-1)35-21-23-43-39(25-35)40-26-37(33-17-9-3-10-18-33)28-42-48(40)50(43)44-29-38(34-19-11-4-12-20-34)30-46-47(44)49(42)41-27-36(22-24-45(41)51-46)32-15-7-2-8-16-32/h1-30H. The van der Waals surface area contributed by atoms with Crippen molar-refractivity contribution in [2.45, 2.75) is 0 Å². The molecule has 0 bridgehead atoms. The molecule has 2 aliphatic heterocycles. The predicted octanol–water partition coefficient (Wildman–Crippen LogP) is 10.4. The summed E-state index contributed by atoms with van der Waals surface area (Å²) in [4.78, 5) is 0. The van der Waals surface area contributed by atoms with Crippen LogP contribution in [-0.4, -0.2) is 11.3 Å². The van der Waals surface area contributed by atoms with Gasteiger partial charge in [0.2, 0.25) is 0 Å². The van der Waals surface area contributed by atoms with Crippen LogP contribution in [0.25, 0.3) is 72.0 Å². The zero-order valence-corrected chi connectivity index (χ0v) is 27.8. The van der Waals surface area contributed by atoms with Crippen molar-refractivity contribution in [2.75, 3.05) is 0 Å². The zero-order chi connectivity index (χ0) is 33.5. The number of hydrogen-bond acceptors (Lipinski definition) is 1. The molecule has 8 aromatic carbocycles. The maximum absolute atomic E-state index is 6.96. The quantitative estimate of drug-likeness (QED) is 0.174. The van der Waals surface area contributed by atoms with Gasteiger partial charge in [-0.3, -0.25) is 0 Å². The summed E-state index contributed by atoms with van der Waals surface area (Å²) >= 11 is 0. The fraction of sp³-hybridized carbons (Fsp3) is 0. The third-order valence-electron chi connectivity index (χ3n) is 10.8. The van der Waals surface area contributed by atoms with Crippen LogP contribution >= 0.6 is 0 Å². The molecule has 0 amide bonds. The molecule has 0 aliphatic carbocycles. The minimum absolute atomic E-state index is 0.0104. The Morgan fingerprint density at radius 3 is 1.51 bits per heavy atom. The van der Waals surface area contributed by atoms with Crippen LogP contribution in [0.3, 0.4) is 0 Å². The normalized spacial score (nSPS) is 12.4. The fourth-order valence-electron chi connectivity index (χ4n) is 8.50. The van der Waals surface area contributed by atoms with Gasteiger partial charge in [0, 0.05) is 22.0 Å². The second kappa shape index (κ2) is 11.0. The first-order valence-corrected chi connectivity index (χ1v) is 17.6. The highest BCUT2D eigenvalue weighted by Crippen LogP contribution is 2.42. The first-order chi connectivity index (χ1) is 25.3. The summed E-state index contributed by atoms with van der Waals surface area (Å²) in [5, 5.41) is 2.52. The Kier molecular flexibility index (Phi) is 6.08. The molecule has 2 aliphatic rings. The van der Waals surface area contributed by atoms with E-state index < -0.39 is 0 Å². The Hall–Kier alpha value is -6.58. The Balaban J connectivity index is 1.28. The molecule has 0 fully saturated rings. The molecule has 0 N–H and O–H groups in total. The maximum atomic E-state index is 6.96. The molecule has 236 valence electrons. The monoisotopic (exact) mass is 647 g/mol. The average Bonchev–Trinajstić information content (AvgIpc) is 3.54. The summed E-state index contributed by atoms with van der Waals surface area (Å²) in [6, 6.07) is 66.1. The summed E-state index contributed by atoms with van der Waals surface area (Å²) < 4.78 is 9.47. The SMILES string of the molecule is c1ccc(-c2ccc3c(c2)B2c4c(cc(-c5ccccc5)cc4-n4c5ccc(-c6ccccc6)cc5c5cc(-c6ccccc6)cc2c54)O3)cc1. The van der Waals surface area contributed by atoms with E-state index in [9.17, 15) is 0 Å². The number of rotatable bonds is 4. The minimum Gasteiger partial charge on any atom is -0.458 e. The number of fused-ring (bicyclic) bond motifs is 7. The Labute approximate surface area is 296 Å². The Morgan fingerprint density at radius 2 is 0.882 bits per heavy atom. The largest absolute Gasteiger partial charge is 0.458 e. The van der Waals surface area contributed by atoms with Crippen molar-refractivity contribution in [1.82, 2.24) is 4.57 Å². The van der Waals surface area contributed by atoms with E-state index in [0.29, 0.717) is 0 Å². The Morgan fingerprint density at radius 1 is 0.373 bits per heavy atom. The number of benzene rings is 8. The van der Waals surface area contributed by atoms with Crippen LogP contribution in [0.2, 0.25) is 0 Å². The fourth-order valence-corrected chi connectivity index (χ4v) is 8.50. The molecule has 11 rings (SSSR count). The molecule has 3 heteroatoms. The summed E-state index contributed by atoms with van der Waals surface area (Å²) in [5.41, 5.74) is 17.0. The summed E-state index contributed by atoms with van der Waals surface area (Å²) in [7, 11) is 0. The zero-order valence-electron chi connectivity index (χ0n) is 27.8. The molecule has 1 aromatic heterocycles. The van der Waals surface area contributed by atoms with E-state index in [1.54, 1.807) is 0 Å². The molecule has 0 unspecified atom stereocenters. The number of nitrogens with zero attached hydrogens (tertiary/aromatic N) is 1. The van der Waals surface area contributed by atoms with Gasteiger partial charge in [0.15, 0.2) is 0 Å². The van der Waals surface area contributed by atoms with Crippen molar-refractivity contribution in [3.05, 3.63) is 182 Å². The van der Waals surface area contributed by atoms with Crippen LogP contribution < -0.4 is 21.1 Å². The molecular formula is C48H30BNO. The topological polar surface area (TPSA) is 14.2 Å². The van der Waals surface area contributed by atoms with Crippen molar-refractivity contribution >= 4 is 44.9 Å². The minimum atomic E-state index is -0.0104. The van der Waals surface area contributed by atoms with Crippen LogP contribution in [0.1, 0.15) is 0 Å². The van der Waals surface area contributed by atoms with Crippen LogP contribution in [0, 0.1) is 0 Å². The lowest BCUT2D eigenvalue weighted by Crippen LogP contribution is -2.58. The van der Waals surface area contributed by atoms with Crippen LogP contribution in [0.5, 0.6) is 11.5 Å². The molecule has 0 spiro atoms. The van der Waals surface area contributed by atoms with Crippen molar-refractivity contribution in [1.29, 1.82) is 0 Å². The molecule has 3 heterocycles. The van der Waals surface area contributed by atoms with Crippen LogP contribution in [-0.2, 0) is 0 Å². The molecule has 0 radical (unpaired) electrons. The molecule has 51 heavy (non-hydrogen) atoms. The molecule has 9 aromatic rings. The van der Waals surface area contributed by atoms with E-state index in [0.717, 1.165) is 17.1 Å². The second-order valence-electron chi connectivity index (χ2n) is 13.7. The van der Waals surface area contributed by atoms with Gasteiger partial charge in [-0.1, -0.05) is 146 Å². The highest BCUT2D eigenvalue weighted by atomic mass is 16.5. The van der Waals surface area contributed by atoms with Gasteiger partial charge in [0.1, 0.15) is 11.5 Å². The Bertz CT molecular complexity index is 2810. The van der Waals surface area contributed by atoms with Crippen LogP contribution in [0.15, 0.2) is 182 Å². The average molecular weight is 648 g/mol. The third-order valence-corrected chi connectivity index (χ3v) is 10.8. The first-order valence-electron chi connectivity index (χ1n) is 17.6. The van der Waals surface area contributed by atoms with E-state index in [-0.39, 0.29) is 6.71 Å². The van der Waals surface area contributed by atoms with Gasteiger partial charge in [0.05, 0.1) is 5.52 Å². The van der Waals surface area contributed by atoms with E-state index in [1.165, 1.54) is 82.8 Å². The molecular weight excluding hydrogens is 617 g/mol. The lowest BCUT2D eigenvalue weighted by atomic mass is 9.34. The molecule has 0 saturated carbocycles. The van der Waals surface area contributed by atoms with Crippen LogP contribution in [0.4, 0.5) is 0 Å². The van der Waals surface area contributed by atoms with Gasteiger partial charge in [-0.2, -0.15) is 0 Å². The van der Waals surface area contributed by atoms with Gasteiger partial charge in [-0.25, -0.2) is 0 Å². The summed E-state index contributed by atoms with van der Waals surface area (Å²) in [6.07, 6.45) is 0. The predicted molar refractivity (Wildman–Crippen MR) is 214 cm³/mol. The highest BCUT2D eigenvalue weighted by molar-refractivity contribution is 6.99. The maximum Gasteiger partial charge on any atom is 0.256 e. The molecule has 0 atom stereocenters. The number of hydrogen-bond donors (Lipinski definition) is 0. The van der Waals surface area contributed by atoms with Gasteiger partial charge in [0.25, 0.3) is 6.71 Å². The van der Waals surface area contributed by atoms with E-state index in [2.05, 4.69) is 187 Å². The van der Waals surface area contributed by atoms with Gasteiger partial charge >= 0.3 is 0 Å². The summed E-state index contributed by atoms with van der Waals surface area (Å²) in [5.74, 6) is 1.83. The highest BCUT2D eigenvalue weighted by Gasteiger charge is 2.41. The number of ether oxygens (including phenoxy) is 1. The smallest absolute Gasteiger partial charge is 0.256 e. The van der Waals surface area contributed by atoms with Gasteiger partial charge in [-0.15, -0.1) is 0 Å². The lowest BCUT2D eigenvalue weighted by molar-refractivity contribution is 0.487. The van der Waals surface area contributed by atoms with E-state index >= 15 is 0 Å². The first kappa shape index (κ1) is 28.3. The van der Waals surface area contributed by atoms with Crippen molar-refractivity contribution in [3.63, 3.8) is 0 Å². The lowest BCUT2D eigenvalue weighted by Gasteiger charge is -2.34. The van der Waals surface area contributed by atoms with E-state index in [1.807, 2.05) is 0 Å². The molecule has 2 nitrogen and oxygen atoms in total. The van der Waals surface area contributed by atoms with Gasteiger partial charge < -0.3 is 9.30 Å². The number of aromatic nitrogens is 1. The summed E-state index contributed by atoms with van der Waals surface area (Å²) in [6.45, 7) is -0.0104. The van der Waals surface area contributed by atoms with Crippen molar-refractivity contribution in [3.8, 4) is 61.7 Å². The molecule has 0 saturated heterocycles. The third kappa shape index (κ3) is 4.31. The van der Waals surface area contributed by atoms with Gasteiger partial charge in [-0.05, 0) is 97.3 Å². The van der Waals surface area contributed by atoms with E-state index in [4.69, 9.17) is 4.74 Å². The van der Waals surface area contributed by atoms with Crippen molar-refractivity contribution in [2.24, 2.45) is 0 Å². The van der Waals surface area contributed by atoms with Crippen molar-refractivity contribution < 1.29 is 4.74 Å². The second-order valence-corrected chi connectivity index (χ2v) is 13.7.